The number of halogens is 1. The van der Waals surface area contributed by atoms with Crippen molar-refractivity contribution in [2.45, 2.75) is 6.42 Å². The van der Waals surface area contributed by atoms with Crippen LogP contribution in [0.1, 0.15) is 11.1 Å². The highest BCUT2D eigenvalue weighted by molar-refractivity contribution is 5.68. The molecule has 20 heavy (non-hydrogen) atoms. The predicted octanol–water partition coefficient (Wildman–Crippen LogP) is 3.65. The number of nitrogen functional groups attached to an aromatic ring is 1. The van der Waals surface area contributed by atoms with Gasteiger partial charge in [0.2, 0.25) is 5.88 Å². The van der Waals surface area contributed by atoms with E-state index in [4.69, 9.17) is 10.3 Å². The van der Waals surface area contributed by atoms with Crippen LogP contribution in [0.3, 0.4) is 0 Å². The zero-order valence-electron chi connectivity index (χ0n) is 10.7. The minimum atomic E-state index is -0.338. The molecule has 1 aromatic heterocycles. The van der Waals surface area contributed by atoms with Gasteiger partial charge in [-0.1, -0.05) is 47.6 Å². The van der Waals surface area contributed by atoms with Crippen molar-refractivity contribution in [2.24, 2.45) is 0 Å². The highest BCUT2D eigenvalue weighted by Gasteiger charge is 2.18. The fourth-order valence-corrected chi connectivity index (χ4v) is 2.16. The van der Waals surface area contributed by atoms with Crippen molar-refractivity contribution in [1.29, 1.82) is 0 Å². The molecular weight excluding hydrogens is 255 g/mol. The highest BCUT2D eigenvalue weighted by Crippen LogP contribution is 2.30. The summed E-state index contributed by atoms with van der Waals surface area (Å²) in [6, 6.07) is 16.3. The molecule has 100 valence electrons. The van der Waals surface area contributed by atoms with E-state index in [0.717, 1.165) is 5.56 Å². The van der Waals surface area contributed by atoms with Gasteiger partial charge in [0.25, 0.3) is 0 Å². The average Bonchev–Trinajstić information content (AvgIpc) is 2.82. The van der Waals surface area contributed by atoms with Crippen molar-refractivity contribution in [3.05, 3.63) is 71.5 Å². The van der Waals surface area contributed by atoms with Gasteiger partial charge in [-0.2, -0.15) is 0 Å². The zero-order chi connectivity index (χ0) is 13.9. The Morgan fingerprint density at radius 3 is 2.45 bits per heavy atom. The van der Waals surface area contributed by atoms with Crippen LogP contribution in [0.5, 0.6) is 0 Å². The lowest BCUT2D eigenvalue weighted by molar-refractivity contribution is 0.438. The maximum atomic E-state index is 13.9. The molecule has 3 rings (SSSR count). The number of benzene rings is 2. The topological polar surface area (TPSA) is 52.0 Å². The van der Waals surface area contributed by atoms with E-state index >= 15 is 0 Å². The molecule has 0 amide bonds. The van der Waals surface area contributed by atoms with Gasteiger partial charge in [0.15, 0.2) is 0 Å². The van der Waals surface area contributed by atoms with Crippen molar-refractivity contribution in [2.75, 3.05) is 5.73 Å². The maximum Gasteiger partial charge on any atom is 0.226 e. The Balaban J connectivity index is 2.04. The smallest absolute Gasteiger partial charge is 0.226 e. The number of nitrogens with two attached hydrogens (primary N) is 1. The molecule has 2 aromatic carbocycles. The summed E-state index contributed by atoms with van der Waals surface area (Å²) in [5.74, 6) is -0.109. The van der Waals surface area contributed by atoms with Crippen LogP contribution in [0.2, 0.25) is 0 Å². The van der Waals surface area contributed by atoms with Crippen molar-refractivity contribution >= 4 is 5.88 Å². The van der Waals surface area contributed by atoms with E-state index in [1.165, 1.54) is 6.07 Å². The quantitative estimate of drug-likeness (QED) is 0.788. The van der Waals surface area contributed by atoms with Crippen LogP contribution >= 0.6 is 0 Å². The Morgan fingerprint density at radius 2 is 1.70 bits per heavy atom. The first kappa shape index (κ1) is 12.4. The van der Waals surface area contributed by atoms with Gasteiger partial charge in [0.1, 0.15) is 11.5 Å². The van der Waals surface area contributed by atoms with Crippen molar-refractivity contribution < 1.29 is 8.91 Å². The lowest BCUT2D eigenvalue weighted by Crippen LogP contribution is -1.95. The van der Waals surface area contributed by atoms with Crippen LogP contribution in [-0.4, -0.2) is 5.16 Å². The summed E-state index contributed by atoms with van der Waals surface area (Å²) in [5, 5.41) is 3.90. The standard InChI is InChI=1S/C16H13FN2O/c17-14-9-5-4-8-12(14)15-13(16(18)20-19-15)10-11-6-2-1-3-7-11/h1-9H,10,18H2. The number of rotatable bonds is 3. The molecule has 3 nitrogen and oxygen atoms in total. The van der Waals surface area contributed by atoms with Crippen LogP contribution in [-0.2, 0) is 6.42 Å². The Morgan fingerprint density at radius 1 is 1.00 bits per heavy atom. The van der Waals surface area contributed by atoms with E-state index < -0.39 is 0 Å². The molecule has 3 aromatic rings. The van der Waals surface area contributed by atoms with Gasteiger partial charge in [-0.05, 0) is 17.7 Å². The van der Waals surface area contributed by atoms with Gasteiger partial charge in [0, 0.05) is 17.5 Å². The first-order chi connectivity index (χ1) is 9.75. The molecule has 0 unspecified atom stereocenters. The van der Waals surface area contributed by atoms with Crippen LogP contribution in [0.15, 0.2) is 59.1 Å². The molecular formula is C16H13FN2O. The summed E-state index contributed by atoms with van der Waals surface area (Å²) in [6.45, 7) is 0. The number of hydrogen-bond donors (Lipinski definition) is 1. The Kier molecular flexibility index (Phi) is 3.21. The fraction of sp³-hybridized carbons (Fsp3) is 0.0625. The molecule has 0 spiro atoms. The first-order valence-electron chi connectivity index (χ1n) is 6.28. The van der Waals surface area contributed by atoms with Crippen molar-refractivity contribution in [3.8, 4) is 11.3 Å². The highest BCUT2D eigenvalue weighted by atomic mass is 19.1. The molecule has 0 fully saturated rings. The van der Waals surface area contributed by atoms with Gasteiger partial charge in [-0.3, -0.25) is 0 Å². The Hall–Kier alpha value is -2.62. The summed E-state index contributed by atoms with van der Waals surface area (Å²) in [7, 11) is 0. The van der Waals surface area contributed by atoms with E-state index in [1.807, 2.05) is 30.3 Å². The van der Waals surface area contributed by atoms with Gasteiger partial charge in [-0.15, -0.1) is 0 Å². The van der Waals surface area contributed by atoms with Crippen LogP contribution in [0.4, 0.5) is 10.3 Å². The van der Waals surface area contributed by atoms with Crippen molar-refractivity contribution in [3.63, 3.8) is 0 Å². The molecule has 0 saturated heterocycles. The molecule has 2 N–H and O–H groups in total. The molecule has 0 aliphatic heterocycles. The molecule has 0 bridgehead atoms. The van der Waals surface area contributed by atoms with E-state index in [2.05, 4.69) is 5.16 Å². The second-order valence-electron chi connectivity index (χ2n) is 4.52. The second kappa shape index (κ2) is 5.17. The van der Waals surface area contributed by atoms with E-state index in [-0.39, 0.29) is 11.7 Å². The number of hydrogen-bond acceptors (Lipinski definition) is 3. The summed E-state index contributed by atoms with van der Waals surface area (Å²) >= 11 is 0. The van der Waals surface area contributed by atoms with E-state index in [1.54, 1.807) is 18.2 Å². The van der Waals surface area contributed by atoms with Gasteiger partial charge in [0.05, 0.1) is 0 Å². The lowest BCUT2D eigenvalue weighted by atomic mass is 10.0. The zero-order valence-corrected chi connectivity index (χ0v) is 10.7. The monoisotopic (exact) mass is 268 g/mol. The SMILES string of the molecule is Nc1onc(-c2ccccc2F)c1Cc1ccccc1. The molecule has 0 saturated carbocycles. The third kappa shape index (κ3) is 2.28. The lowest BCUT2D eigenvalue weighted by Gasteiger charge is -2.04. The molecule has 0 atom stereocenters. The largest absolute Gasteiger partial charge is 0.367 e. The normalized spacial score (nSPS) is 10.7. The summed E-state index contributed by atoms with van der Waals surface area (Å²) in [5.41, 5.74) is 8.47. The fourth-order valence-electron chi connectivity index (χ4n) is 2.16. The predicted molar refractivity (Wildman–Crippen MR) is 75.6 cm³/mol. The minimum Gasteiger partial charge on any atom is -0.367 e. The minimum absolute atomic E-state index is 0.229. The van der Waals surface area contributed by atoms with Gasteiger partial charge < -0.3 is 10.3 Å². The maximum absolute atomic E-state index is 13.9. The van der Waals surface area contributed by atoms with Crippen LogP contribution in [0, 0.1) is 5.82 Å². The second-order valence-corrected chi connectivity index (χ2v) is 4.52. The first-order valence-corrected chi connectivity index (χ1v) is 6.28. The van der Waals surface area contributed by atoms with Gasteiger partial charge >= 0.3 is 0 Å². The Labute approximate surface area is 115 Å². The van der Waals surface area contributed by atoms with Crippen molar-refractivity contribution in [1.82, 2.24) is 5.16 Å². The Bertz CT molecular complexity index is 722. The molecule has 0 aliphatic rings. The summed E-state index contributed by atoms with van der Waals surface area (Å²) in [4.78, 5) is 0. The third-order valence-electron chi connectivity index (χ3n) is 3.17. The third-order valence-corrected chi connectivity index (χ3v) is 3.17. The van der Waals surface area contributed by atoms with E-state index in [9.17, 15) is 4.39 Å². The van der Waals surface area contributed by atoms with Gasteiger partial charge in [-0.25, -0.2) is 4.39 Å². The molecule has 0 aliphatic carbocycles. The average molecular weight is 268 g/mol. The number of nitrogens with zero attached hydrogens (tertiary/aromatic N) is 1. The molecule has 0 radical (unpaired) electrons. The van der Waals surface area contributed by atoms with E-state index in [0.29, 0.717) is 23.2 Å². The van der Waals surface area contributed by atoms with Crippen LogP contribution < -0.4 is 5.73 Å². The number of anilines is 1. The van der Waals surface area contributed by atoms with Crippen LogP contribution in [0.25, 0.3) is 11.3 Å². The molecule has 4 heteroatoms. The summed E-state index contributed by atoms with van der Waals surface area (Å²) < 4.78 is 18.9. The number of aromatic nitrogens is 1. The summed E-state index contributed by atoms with van der Waals surface area (Å²) in [6.07, 6.45) is 0.555. The molecule has 1 heterocycles.